The Bertz CT molecular complexity index is 619. The molecule has 1 atom stereocenters. The van der Waals surface area contributed by atoms with Gasteiger partial charge >= 0.3 is 5.97 Å². The van der Waals surface area contributed by atoms with Crippen molar-refractivity contribution >= 4 is 43.5 Å². The molecule has 1 heterocycles. The van der Waals surface area contributed by atoms with E-state index in [2.05, 4.69) is 15.9 Å². The Morgan fingerprint density at radius 2 is 2.16 bits per heavy atom. The molecule has 1 N–H and O–H groups in total. The first-order valence-corrected chi connectivity index (χ1v) is 8.15. The van der Waals surface area contributed by atoms with Gasteiger partial charge < -0.3 is 5.11 Å². The lowest BCUT2D eigenvalue weighted by Gasteiger charge is -2.21. The molecule has 104 valence electrons. The SMILES string of the molecule is O=C(O)C1CCCN1S(=O)(=O)c1cc(Br)ccc1Cl. The van der Waals surface area contributed by atoms with Crippen LogP contribution in [0.1, 0.15) is 12.8 Å². The van der Waals surface area contributed by atoms with Gasteiger partial charge in [-0.15, -0.1) is 0 Å². The van der Waals surface area contributed by atoms with Crippen molar-refractivity contribution in [2.45, 2.75) is 23.8 Å². The van der Waals surface area contributed by atoms with E-state index in [1.54, 1.807) is 6.07 Å². The highest BCUT2D eigenvalue weighted by Gasteiger charge is 2.40. The lowest BCUT2D eigenvalue weighted by atomic mass is 10.2. The molecule has 0 aromatic heterocycles. The number of carboxylic acids is 1. The largest absolute Gasteiger partial charge is 0.480 e. The average Bonchev–Trinajstić information content (AvgIpc) is 2.82. The number of halogens is 2. The van der Waals surface area contributed by atoms with Gasteiger partial charge in [0.15, 0.2) is 0 Å². The van der Waals surface area contributed by atoms with E-state index in [4.69, 9.17) is 16.7 Å². The highest BCUT2D eigenvalue weighted by molar-refractivity contribution is 9.10. The normalized spacial score (nSPS) is 20.6. The molecule has 1 aliphatic heterocycles. The lowest BCUT2D eigenvalue weighted by Crippen LogP contribution is -2.40. The van der Waals surface area contributed by atoms with Crippen LogP contribution in [0.5, 0.6) is 0 Å². The average molecular weight is 369 g/mol. The zero-order chi connectivity index (χ0) is 14.2. The van der Waals surface area contributed by atoms with E-state index >= 15 is 0 Å². The molecule has 19 heavy (non-hydrogen) atoms. The predicted octanol–water partition coefficient (Wildman–Crippen LogP) is 2.34. The molecule has 0 saturated carbocycles. The fraction of sp³-hybridized carbons (Fsp3) is 0.364. The Hall–Kier alpha value is -0.630. The Kier molecular flexibility index (Phi) is 4.20. The topological polar surface area (TPSA) is 74.7 Å². The molecule has 1 aliphatic rings. The van der Waals surface area contributed by atoms with E-state index in [0.29, 0.717) is 17.3 Å². The van der Waals surface area contributed by atoms with Crippen LogP contribution in [0, 0.1) is 0 Å². The van der Waals surface area contributed by atoms with E-state index in [-0.39, 0.29) is 16.5 Å². The molecule has 0 amide bonds. The molecular formula is C11H11BrClNO4S. The van der Waals surface area contributed by atoms with E-state index in [1.165, 1.54) is 12.1 Å². The van der Waals surface area contributed by atoms with Crippen molar-refractivity contribution in [3.05, 3.63) is 27.7 Å². The first kappa shape index (κ1) is 14.8. The van der Waals surface area contributed by atoms with Gasteiger partial charge in [-0.3, -0.25) is 4.79 Å². The fourth-order valence-electron chi connectivity index (χ4n) is 2.08. The quantitative estimate of drug-likeness (QED) is 0.888. The maximum Gasteiger partial charge on any atom is 0.322 e. The molecule has 8 heteroatoms. The molecular weight excluding hydrogens is 358 g/mol. The predicted molar refractivity (Wildman–Crippen MR) is 73.7 cm³/mol. The van der Waals surface area contributed by atoms with Crippen molar-refractivity contribution in [1.82, 2.24) is 4.31 Å². The molecule has 1 fully saturated rings. The second-order valence-electron chi connectivity index (χ2n) is 4.19. The fourth-order valence-corrected chi connectivity index (χ4v) is 4.74. The van der Waals surface area contributed by atoms with Crippen molar-refractivity contribution in [1.29, 1.82) is 0 Å². The number of hydrogen-bond acceptors (Lipinski definition) is 3. The zero-order valence-electron chi connectivity index (χ0n) is 9.71. The minimum absolute atomic E-state index is 0.0725. The van der Waals surface area contributed by atoms with Gasteiger partial charge in [0.1, 0.15) is 10.9 Å². The number of nitrogens with zero attached hydrogens (tertiary/aromatic N) is 1. The molecule has 0 spiro atoms. The number of aliphatic carboxylic acids is 1. The molecule has 1 aromatic carbocycles. The maximum atomic E-state index is 12.5. The summed E-state index contributed by atoms with van der Waals surface area (Å²) >= 11 is 9.10. The molecule has 1 saturated heterocycles. The van der Waals surface area contributed by atoms with E-state index in [9.17, 15) is 13.2 Å². The second-order valence-corrected chi connectivity index (χ2v) is 7.37. The molecule has 2 rings (SSSR count). The van der Waals surface area contributed by atoms with Gasteiger partial charge in [-0.1, -0.05) is 27.5 Å². The summed E-state index contributed by atoms with van der Waals surface area (Å²) in [6.45, 7) is 0.197. The minimum Gasteiger partial charge on any atom is -0.480 e. The van der Waals surface area contributed by atoms with Gasteiger partial charge in [0.05, 0.1) is 5.02 Å². The molecule has 0 aliphatic carbocycles. The van der Waals surface area contributed by atoms with Crippen LogP contribution >= 0.6 is 27.5 Å². The van der Waals surface area contributed by atoms with Gasteiger partial charge in [-0.05, 0) is 31.0 Å². The van der Waals surface area contributed by atoms with Gasteiger partial charge in [-0.25, -0.2) is 8.42 Å². The van der Waals surface area contributed by atoms with Crippen LogP contribution in [0.15, 0.2) is 27.6 Å². The number of hydrogen-bond donors (Lipinski definition) is 1. The van der Waals surface area contributed by atoms with Crippen molar-refractivity contribution < 1.29 is 18.3 Å². The van der Waals surface area contributed by atoms with Crippen molar-refractivity contribution in [2.24, 2.45) is 0 Å². The van der Waals surface area contributed by atoms with Crippen LogP contribution in [-0.2, 0) is 14.8 Å². The third kappa shape index (κ3) is 2.79. The Labute approximate surface area is 124 Å². The summed E-state index contributed by atoms with van der Waals surface area (Å²) in [4.78, 5) is 11.0. The van der Waals surface area contributed by atoms with Crippen LogP contribution in [0.3, 0.4) is 0 Å². The highest BCUT2D eigenvalue weighted by Crippen LogP contribution is 2.32. The third-order valence-corrected chi connectivity index (χ3v) is 5.85. The van der Waals surface area contributed by atoms with E-state index in [0.717, 1.165) is 4.31 Å². The Morgan fingerprint density at radius 3 is 2.79 bits per heavy atom. The molecule has 5 nitrogen and oxygen atoms in total. The molecule has 0 bridgehead atoms. The van der Waals surface area contributed by atoms with Gasteiger partial charge in [0.2, 0.25) is 10.0 Å². The first-order chi connectivity index (χ1) is 8.84. The smallest absolute Gasteiger partial charge is 0.322 e. The summed E-state index contributed by atoms with van der Waals surface area (Å²) in [5.74, 6) is -1.13. The number of sulfonamides is 1. The Balaban J connectivity index is 2.48. The molecule has 1 unspecified atom stereocenters. The van der Waals surface area contributed by atoms with E-state index in [1.807, 2.05) is 0 Å². The van der Waals surface area contributed by atoms with Crippen molar-refractivity contribution in [2.75, 3.05) is 6.54 Å². The zero-order valence-corrected chi connectivity index (χ0v) is 12.9. The van der Waals surface area contributed by atoms with Crippen molar-refractivity contribution in [3.8, 4) is 0 Å². The highest BCUT2D eigenvalue weighted by atomic mass is 79.9. The summed E-state index contributed by atoms with van der Waals surface area (Å²) in [6, 6.07) is 3.46. The summed E-state index contributed by atoms with van der Waals surface area (Å²) < 4.78 is 26.5. The van der Waals surface area contributed by atoms with Crippen LogP contribution in [-0.4, -0.2) is 36.4 Å². The number of benzene rings is 1. The minimum atomic E-state index is -3.90. The van der Waals surface area contributed by atoms with Gasteiger partial charge in [0, 0.05) is 11.0 Å². The second kappa shape index (κ2) is 5.40. The van der Waals surface area contributed by atoms with Gasteiger partial charge in [0.25, 0.3) is 0 Å². The number of carboxylic acid groups (broad SMARTS) is 1. The first-order valence-electron chi connectivity index (χ1n) is 5.54. The van der Waals surface area contributed by atoms with E-state index < -0.39 is 22.0 Å². The molecule has 1 aromatic rings. The summed E-state index contributed by atoms with van der Waals surface area (Å²) in [5.41, 5.74) is 0. The summed E-state index contributed by atoms with van der Waals surface area (Å²) in [7, 11) is -3.90. The monoisotopic (exact) mass is 367 g/mol. The third-order valence-electron chi connectivity index (χ3n) is 2.97. The summed E-state index contributed by atoms with van der Waals surface area (Å²) in [5, 5.41) is 9.15. The number of carbonyl (C=O) groups is 1. The lowest BCUT2D eigenvalue weighted by molar-refractivity contribution is -0.140. The van der Waals surface area contributed by atoms with Crippen LogP contribution in [0.4, 0.5) is 0 Å². The van der Waals surface area contributed by atoms with Crippen LogP contribution in [0.25, 0.3) is 0 Å². The Morgan fingerprint density at radius 1 is 1.47 bits per heavy atom. The number of rotatable bonds is 3. The molecule has 0 radical (unpaired) electrons. The van der Waals surface area contributed by atoms with Crippen LogP contribution < -0.4 is 0 Å². The summed E-state index contributed by atoms with van der Waals surface area (Å²) in [6.07, 6.45) is 0.849. The maximum absolute atomic E-state index is 12.5. The van der Waals surface area contributed by atoms with Gasteiger partial charge in [-0.2, -0.15) is 4.31 Å². The van der Waals surface area contributed by atoms with Crippen LogP contribution in [0.2, 0.25) is 5.02 Å². The standard InChI is InChI=1S/C11H11BrClNO4S/c12-7-3-4-8(13)10(6-7)19(17,18)14-5-1-2-9(14)11(15)16/h3-4,6,9H,1-2,5H2,(H,15,16). The van der Waals surface area contributed by atoms with Crippen molar-refractivity contribution in [3.63, 3.8) is 0 Å².